The normalized spacial score (nSPS) is 17.6. The molecule has 0 amide bonds. The van der Waals surface area contributed by atoms with Crippen molar-refractivity contribution in [3.05, 3.63) is 23.8 Å². The first-order valence-corrected chi connectivity index (χ1v) is 9.31. The standard InChI is InChI=1S/C16H26N2O3S/c1-4-18-9-7-14(8-10-18)12-17-22(19,20)15-5-6-16(21-3)13(2)11-15/h5-6,11,14,17H,4,7-10,12H2,1-3H3. The predicted molar refractivity (Wildman–Crippen MR) is 87.8 cm³/mol. The van der Waals surface area contributed by atoms with Crippen molar-refractivity contribution in [3.8, 4) is 5.75 Å². The summed E-state index contributed by atoms with van der Waals surface area (Å²) in [6, 6.07) is 4.94. The van der Waals surface area contributed by atoms with Crippen LogP contribution in [0, 0.1) is 12.8 Å². The van der Waals surface area contributed by atoms with E-state index in [4.69, 9.17) is 4.74 Å². The number of aryl methyl sites for hydroxylation is 1. The molecule has 0 aliphatic carbocycles. The fourth-order valence-electron chi connectivity index (χ4n) is 2.84. The zero-order chi connectivity index (χ0) is 16.2. The molecule has 2 rings (SSSR count). The predicted octanol–water partition coefficient (Wildman–Crippen LogP) is 2.01. The van der Waals surface area contributed by atoms with Crippen molar-refractivity contribution in [2.24, 2.45) is 5.92 Å². The van der Waals surface area contributed by atoms with Gasteiger partial charge in [-0.2, -0.15) is 0 Å². The highest BCUT2D eigenvalue weighted by Gasteiger charge is 2.21. The van der Waals surface area contributed by atoms with Crippen molar-refractivity contribution in [1.82, 2.24) is 9.62 Å². The van der Waals surface area contributed by atoms with Crippen LogP contribution in [0.25, 0.3) is 0 Å². The molecule has 0 saturated carbocycles. The monoisotopic (exact) mass is 326 g/mol. The van der Waals surface area contributed by atoms with Crippen molar-refractivity contribution in [2.45, 2.75) is 31.6 Å². The fourth-order valence-corrected chi connectivity index (χ4v) is 4.04. The Balaban J connectivity index is 1.95. The molecule has 0 radical (unpaired) electrons. The molecule has 0 aromatic heterocycles. The van der Waals surface area contributed by atoms with Gasteiger partial charge in [0, 0.05) is 6.54 Å². The smallest absolute Gasteiger partial charge is 0.240 e. The van der Waals surface area contributed by atoms with Crippen LogP contribution >= 0.6 is 0 Å². The van der Waals surface area contributed by atoms with Gasteiger partial charge >= 0.3 is 0 Å². The van der Waals surface area contributed by atoms with E-state index in [-0.39, 0.29) is 0 Å². The fraction of sp³-hybridized carbons (Fsp3) is 0.625. The highest BCUT2D eigenvalue weighted by Crippen LogP contribution is 2.22. The molecule has 1 heterocycles. The number of sulfonamides is 1. The summed E-state index contributed by atoms with van der Waals surface area (Å²) in [5.74, 6) is 1.13. The lowest BCUT2D eigenvalue weighted by Gasteiger charge is -2.31. The molecule has 22 heavy (non-hydrogen) atoms. The number of hydrogen-bond acceptors (Lipinski definition) is 4. The van der Waals surface area contributed by atoms with Crippen molar-refractivity contribution < 1.29 is 13.2 Å². The van der Waals surface area contributed by atoms with E-state index in [1.807, 2.05) is 6.92 Å². The quantitative estimate of drug-likeness (QED) is 0.869. The van der Waals surface area contributed by atoms with E-state index in [2.05, 4.69) is 16.5 Å². The maximum Gasteiger partial charge on any atom is 0.240 e. The van der Waals surface area contributed by atoms with Gasteiger partial charge < -0.3 is 9.64 Å². The van der Waals surface area contributed by atoms with Gasteiger partial charge in [-0.3, -0.25) is 0 Å². The SMILES string of the molecule is CCN1CCC(CNS(=O)(=O)c2ccc(OC)c(C)c2)CC1. The van der Waals surface area contributed by atoms with Crippen LogP contribution in [0.15, 0.2) is 23.1 Å². The topological polar surface area (TPSA) is 58.6 Å². The van der Waals surface area contributed by atoms with Crippen LogP contribution in [0.2, 0.25) is 0 Å². The first kappa shape index (κ1) is 17.2. The highest BCUT2D eigenvalue weighted by molar-refractivity contribution is 7.89. The minimum Gasteiger partial charge on any atom is -0.496 e. The molecule has 0 bridgehead atoms. The Morgan fingerprint density at radius 2 is 2.00 bits per heavy atom. The van der Waals surface area contributed by atoms with E-state index in [0.717, 1.165) is 38.0 Å². The molecule has 6 heteroatoms. The highest BCUT2D eigenvalue weighted by atomic mass is 32.2. The molecule has 0 unspecified atom stereocenters. The van der Waals surface area contributed by atoms with Crippen molar-refractivity contribution in [2.75, 3.05) is 33.3 Å². The Morgan fingerprint density at radius 1 is 1.32 bits per heavy atom. The molecule has 1 fully saturated rings. The average Bonchev–Trinajstić information content (AvgIpc) is 2.53. The maximum atomic E-state index is 12.4. The Kier molecular flexibility index (Phi) is 5.83. The minimum absolute atomic E-state index is 0.303. The van der Waals surface area contributed by atoms with Crippen LogP contribution in [0.1, 0.15) is 25.3 Å². The Morgan fingerprint density at radius 3 is 2.55 bits per heavy atom. The van der Waals surface area contributed by atoms with Gasteiger partial charge in [-0.1, -0.05) is 6.92 Å². The van der Waals surface area contributed by atoms with Gasteiger partial charge in [0.25, 0.3) is 0 Å². The molecule has 0 atom stereocenters. The number of nitrogens with one attached hydrogen (secondary N) is 1. The molecular formula is C16H26N2O3S. The molecule has 1 saturated heterocycles. The molecule has 1 aliphatic heterocycles. The Hall–Kier alpha value is -1.11. The van der Waals surface area contributed by atoms with Gasteiger partial charge in [0.1, 0.15) is 5.75 Å². The van der Waals surface area contributed by atoms with E-state index in [9.17, 15) is 8.42 Å². The summed E-state index contributed by atoms with van der Waals surface area (Å²) in [6.07, 6.45) is 2.11. The van der Waals surface area contributed by atoms with Gasteiger partial charge in [-0.05, 0) is 69.1 Å². The van der Waals surface area contributed by atoms with E-state index < -0.39 is 10.0 Å². The van der Waals surface area contributed by atoms with E-state index in [1.54, 1.807) is 25.3 Å². The largest absolute Gasteiger partial charge is 0.496 e. The number of methoxy groups -OCH3 is 1. The number of ether oxygens (including phenoxy) is 1. The lowest BCUT2D eigenvalue weighted by atomic mass is 9.97. The second kappa shape index (κ2) is 7.44. The average molecular weight is 326 g/mol. The number of nitrogens with zero attached hydrogens (tertiary/aromatic N) is 1. The zero-order valence-corrected chi connectivity index (χ0v) is 14.4. The van der Waals surface area contributed by atoms with Gasteiger partial charge in [0.05, 0.1) is 12.0 Å². The Labute approximate surface area is 133 Å². The van der Waals surface area contributed by atoms with Gasteiger partial charge in [-0.25, -0.2) is 13.1 Å². The van der Waals surface area contributed by atoms with Crippen LogP contribution in [-0.4, -0.2) is 46.6 Å². The molecule has 1 aromatic carbocycles. The molecule has 5 nitrogen and oxygen atoms in total. The van der Waals surface area contributed by atoms with Crippen molar-refractivity contribution in [3.63, 3.8) is 0 Å². The summed E-state index contributed by atoms with van der Waals surface area (Å²) in [5, 5.41) is 0. The number of hydrogen-bond donors (Lipinski definition) is 1. The number of benzene rings is 1. The minimum atomic E-state index is -3.45. The lowest BCUT2D eigenvalue weighted by Crippen LogP contribution is -2.38. The van der Waals surface area contributed by atoms with Crippen molar-refractivity contribution in [1.29, 1.82) is 0 Å². The summed E-state index contributed by atoms with van der Waals surface area (Å²) < 4.78 is 32.7. The number of piperidine rings is 1. The molecule has 1 N–H and O–H groups in total. The Bertz CT molecular complexity index is 593. The van der Waals surface area contributed by atoms with E-state index in [0.29, 0.717) is 23.1 Å². The second-order valence-electron chi connectivity index (χ2n) is 5.86. The van der Waals surface area contributed by atoms with Crippen LogP contribution in [-0.2, 0) is 10.0 Å². The number of rotatable bonds is 6. The van der Waals surface area contributed by atoms with E-state index in [1.165, 1.54) is 0 Å². The molecule has 124 valence electrons. The first-order valence-electron chi connectivity index (χ1n) is 7.83. The third-order valence-corrected chi connectivity index (χ3v) is 5.81. The molecular weight excluding hydrogens is 300 g/mol. The summed E-state index contributed by atoms with van der Waals surface area (Å²) >= 11 is 0. The maximum absolute atomic E-state index is 12.4. The van der Waals surface area contributed by atoms with Gasteiger partial charge in [-0.15, -0.1) is 0 Å². The van der Waals surface area contributed by atoms with Crippen LogP contribution in [0.3, 0.4) is 0 Å². The molecule has 1 aliphatic rings. The molecule has 1 aromatic rings. The summed E-state index contributed by atoms with van der Waals surface area (Å²) in [5.41, 5.74) is 0.821. The third-order valence-electron chi connectivity index (χ3n) is 4.39. The summed E-state index contributed by atoms with van der Waals surface area (Å²) in [4.78, 5) is 2.70. The van der Waals surface area contributed by atoms with Gasteiger partial charge in [0.2, 0.25) is 10.0 Å². The molecule has 0 spiro atoms. The first-order chi connectivity index (χ1) is 10.5. The lowest BCUT2D eigenvalue weighted by molar-refractivity contribution is 0.194. The zero-order valence-electron chi connectivity index (χ0n) is 13.6. The van der Waals surface area contributed by atoms with Crippen LogP contribution in [0.4, 0.5) is 0 Å². The summed E-state index contributed by atoms with van der Waals surface area (Å²) in [7, 11) is -1.86. The number of likely N-dealkylation sites (tertiary alicyclic amines) is 1. The second-order valence-corrected chi connectivity index (χ2v) is 7.63. The van der Waals surface area contributed by atoms with Crippen molar-refractivity contribution >= 4 is 10.0 Å². The van der Waals surface area contributed by atoms with E-state index >= 15 is 0 Å². The van der Waals surface area contributed by atoms with Gasteiger partial charge in [0.15, 0.2) is 0 Å². The summed E-state index contributed by atoms with van der Waals surface area (Å²) in [6.45, 7) is 7.72. The van der Waals surface area contributed by atoms with Crippen LogP contribution < -0.4 is 9.46 Å². The van der Waals surface area contributed by atoms with Crippen LogP contribution in [0.5, 0.6) is 5.75 Å². The third kappa shape index (κ3) is 4.21.